The molecule has 1 saturated heterocycles. The van der Waals surface area contributed by atoms with Crippen LogP contribution in [0.15, 0.2) is 12.4 Å². The standard InChI is InChI=1S/C15H27N5/c1-4-6-16-9-14-10-17-11-15(18-14)20-8-5-7-19(3)12-13(20)2/h10-11,13,16H,4-9,12H2,1-3H3. The fraction of sp³-hybridized carbons (Fsp3) is 0.733. The lowest BCUT2D eigenvalue weighted by molar-refractivity contribution is 0.337. The first-order chi connectivity index (χ1) is 9.70. The Labute approximate surface area is 122 Å². The molecule has 2 rings (SSSR count). The van der Waals surface area contributed by atoms with Crippen molar-refractivity contribution in [2.24, 2.45) is 0 Å². The van der Waals surface area contributed by atoms with Crippen molar-refractivity contribution < 1.29 is 0 Å². The molecule has 1 aliphatic rings. The molecule has 1 fully saturated rings. The Hall–Kier alpha value is -1.20. The Morgan fingerprint density at radius 3 is 3.00 bits per heavy atom. The second-order valence-corrected chi connectivity index (χ2v) is 5.70. The lowest BCUT2D eigenvalue weighted by atomic mass is 10.2. The van der Waals surface area contributed by atoms with Crippen LogP contribution in [-0.4, -0.2) is 54.1 Å². The SMILES string of the molecule is CCCNCc1cncc(N2CCCN(C)CC2C)n1. The van der Waals surface area contributed by atoms with Gasteiger partial charge in [0.2, 0.25) is 0 Å². The zero-order valence-electron chi connectivity index (χ0n) is 13.0. The van der Waals surface area contributed by atoms with Crippen molar-refractivity contribution in [2.75, 3.05) is 38.1 Å². The molecular formula is C15H27N5. The van der Waals surface area contributed by atoms with E-state index in [-0.39, 0.29) is 0 Å². The monoisotopic (exact) mass is 277 g/mol. The van der Waals surface area contributed by atoms with Crippen molar-refractivity contribution in [3.63, 3.8) is 0 Å². The summed E-state index contributed by atoms with van der Waals surface area (Å²) in [7, 11) is 2.19. The largest absolute Gasteiger partial charge is 0.351 e. The Morgan fingerprint density at radius 1 is 1.35 bits per heavy atom. The Morgan fingerprint density at radius 2 is 2.20 bits per heavy atom. The Kier molecular flexibility index (Phi) is 5.73. The average Bonchev–Trinajstić information content (AvgIpc) is 2.60. The highest BCUT2D eigenvalue weighted by Gasteiger charge is 2.21. The van der Waals surface area contributed by atoms with Gasteiger partial charge in [0, 0.05) is 31.9 Å². The molecule has 2 heterocycles. The average molecular weight is 277 g/mol. The van der Waals surface area contributed by atoms with E-state index >= 15 is 0 Å². The van der Waals surface area contributed by atoms with Gasteiger partial charge in [-0.05, 0) is 39.9 Å². The van der Waals surface area contributed by atoms with Gasteiger partial charge in [-0.2, -0.15) is 0 Å². The summed E-state index contributed by atoms with van der Waals surface area (Å²) in [5.74, 6) is 1.02. The summed E-state index contributed by atoms with van der Waals surface area (Å²) in [6.07, 6.45) is 6.08. The van der Waals surface area contributed by atoms with Gasteiger partial charge in [0.25, 0.3) is 0 Å². The van der Waals surface area contributed by atoms with Crippen LogP contribution in [-0.2, 0) is 6.54 Å². The fourth-order valence-electron chi connectivity index (χ4n) is 2.72. The summed E-state index contributed by atoms with van der Waals surface area (Å²) in [4.78, 5) is 13.9. The summed E-state index contributed by atoms with van der Waals surface area (Å²) in [6, 6.07) is 0.482. The van der Waals surface area contributed by atoms with Crippen LogP contribution >= 0.6 is 0 Å². The van der Waals surface area contributed by atoms with Gasteiger partial charge in [-0.25, -0.2) is 4.98 Å². The van der Waals surface area contributed by atoms with E-state index in [1.54, 1.807) is 0 Å². The molecule has 1 aromatic rings. The highest BCUT2D eigenvalue weighted by molar-refractivity contribution is 5.38. The van der Waals surface area contributed by atoms with Crippen molar-refractivity contribution in [1.29, 1.82) is 0 Å². The Bertz CT molecular complexity index is 409. The van der Waals surface area contributed by atoms with Crippen molar-refractivity contribution >= 4 is 5.82 Å². The maximum atomic E-state index is 4.77. The minimum absolute atomic E-state index is 0.482. The van der Waals surface area contributed by atoms with E-state index in [9.17, 15) is 0 Å². The number of rotatable bonds is 5. The second kappa shape index (κ2) is 7.55. The number of aromatic nitrogens is 2. The zero-order chi connectivity index (χ0) is 14.4. The first kappa shape index (κ1) is 15.2. The first-order valence-electron chi connectivity index (χ1n) is 7.67. The van der Waals surface area contributed by atoms with Gasteiger partial charge in [-0.1, -0.05) is 6.92 Å². The molecule has 0 radical (unpaired) electrons. The Balaban J connectivity index is 2.05. The quantitative estimate of drug-likeness (QED) is 0.827. The number of nitrogens with zero attached hydrogens (tertiary/aromatic N) is 4. The molecule has 1 atom stereocenters. The van der Waals surface area contributed by atoms with Crippen LogP contribution in [0.1, 0.15) is 32.4 Å². The molecule has 0 amide bonds. The van der Waals surface area contributed by atoms with E-state index in [0.717, 1.165) is 50.7 Å². The molecule has 1 N–H and O–H groups in total. The molecule has 0 spiro atoms. The molecule has 0 bridgehead atoms. The van der Waals surface area contributed by atoms with Crippen molar-refractivity contribution in [2.45, 2.75) is 39.3 Å². The normalized spacial score (nSPS) is 20.9. The fourth-order valence-corrected chi connectivity index (χ4v) is 2.72. The van der Waals surface area contributed by atoms with E-state index in [4.69, 9.17) is 4.98 Å². The van der Waals surface area contributed by atoms with Crippen LogP contribution < -0.4 is 10.2 Å². The van der Waals surface area contributed by atoms with Crippen LogP contribution in [0.5, 0.6) is 0 Å². The van der Waals surface area contributed by atoms with Crippen molar-refractivity contribution in [3.8, 4) is 0 Å². The molecule has 1 aliphatic heterocycles. The molecule has 0 aliphatic carbocycles. The van der Waals surface area contributed by atoms with Crippen LogP contribution in [0.4, 0.5) is 5.82 Å². The smallest absolute Gasteiger partial charge is 0.147 e. The maximum absolute atomic E-state index is 4.77. The molecule has 5 heteroatoms. The number of hydrogen-bond acceptors (Lipinski definition) is 5. The summed E-state index contributed by atoms with van der Waals surface area (Å²) in [5, 5.41) is 3.38. The van der Waals surface area contributed by atoms with E-state index in [1.165, 1.54) is 6.42 Å². The topological polar surface area (TPSA) is 44.3 Å². The van der Waals surface area contributed by atoms with Gasteiger partial charge < -0.3 is 15.1 Å². The van der Waals surface area contributed by atoms with Gasteiger partial charge in [-0.15, -0.1) is 0 Å². The number of nitrogens with one attached hydrogen (secondary N) is 1. The van der Waals surface area contributed by atoms with Crippen molar-refractivity contribution in [1.82, 2.24) is 20.2 Å². The molecule has 0 aromatic carbocycles. The van der Waals surface area contributed by atoms with Gasteiger partial charge in [0.05, 0.1) is 11.9 Å². The van der Waals surface area contributed by atoms with E-state index in [0.29, 0.717) is 6.04 Å². The van der Waals surface area contributed by atoms with Crippen LogP contribution in [0.25, 0.3) is 0 Å². The molecular weight excluding hydrogens is 250 g/mol. The predicted octanol–water partition coefficient (Wildman–Crippen LogP) is 1.51. The lowest BCUT2D eigenvalue weighted by Crippen LogP contribution is -2.38. The molecule has 1 unspecified atom stereocenters. The van der Waals surface area contributed by atoms with Gasteiger partial charge in [-0.3, -0.25) is 4.98 Å². The lowest BCUT2D eigenvalue weighted by Gasteiger charge is -2.29. The second-order valence-electron chi connectivity index (χ2n) is 5.70. The summed E-state index contributed by atoms with van der Waals surface area (Å²) < 4.78 is 0. The summed E-state index contributed by atoms with van der Waals surface area (Å²) in [6.45, 7) is 9.57. The summed E-state index contributed by atoms with van der Waals surface area (Å²) >= 11 is 0. The summed E-state index contributed by atoms with van der Waals surface area (Å²) in [5.41, 5.74) is 1.03. The van der Waals surface area contributed by atoms with Gasteiger partial charge >= 0.3 is 0 Å². The molecule has 1 aromatic heterocycles. The third-order valence-electron chi connectivity index (χ3n) is 3.75. The van der Waals surface area contributed by atoms with Gasteiger partial charge in [0.15, 0.2) is 0 Å². The number of anilines is 1. The van der Waals surface area contributed by atoms with E-state index in [1.807, 2.05) is 12.4 Å². The molecule has 5 nitrogen and oxygen atoms in total. The van der Waals surface area contributed by atoms with E-state index in [2.05, 4.69) is 41.0 Å². The third kappa shape index (κ3) is 4.15. The first-order valence-corrected chi connectivity index (χ1v) is 7.67. The third-order valence-corrected chi connectivity index (χ3v) is 3.75. The van der Waals surface area contributed by atoms with Crippen molar-refractivity contribution in [3.05, 3.63) is 18.1 Å². The number of hydrogen-bond donors (Lipinski definition) is 1. The highest BCUT2D eigenvalue weighted by Crippen LogP contribution is 2.17. The number of likely N-dealkylation sites (N-methyl/N-ethyl adjacent to an activating group) is 1. The minimum atomic E-state index is 0.482. The maximum Gasteiger partial charge on any atom is 0.147 e. The van der Waals surface area contributed by atoms with Gasteiger partial charge in [0.1, 0.15) is 5.82 Å². The van der Waals surface area contributed by atoms with Crippen LogP contribution in [0.3, 0.4) is 0 Å². The molecule has 112 valence electrons. The molecule has 20 heavy (non-hydrogen) atoms. The van der Waals surface area contributed by atoms with Crippen LogP contribution in [0, 0.1) is 0 Å². The minimum Gasteiger partial charge on any atom is -0.351 e. The van der Waals surface area contributed by atoms with E-state index < -0.39 is 0 Å². The zero-order valence-corrected chi connectivity index (χ0v) is 13.0. The predicted molar refractivity (Wildman–Crippen MR) is 83.0 cm³/mol. The molecule has 0 saturated carbocycles. The highest BCUT2D eigenvalue weighted by atomic mass is 15.3. The van der Waals surface area contributed by atoms with Crippen LogP contribution in [0.2, 0.25) is 0 Å².